The molecule has 3 N–H and O–H groups in total. The Labute approximate surface area is 201 Å². The largest absolute Gasteiger partial charge is 0.391 e. The van der Waals surface area contributed by atoms with Crippen molar-refractivity contribution in [3.05, 3.63) is 64.0 Å². The number of allylic oxidation sites excluding steroid dienone is 5. The van der Waals surface area contributed by atoms with Gasteiger partial charge in [-0.1, -0.05) is 32.4 Å². The lowest BCUT2D eigenvalue weighted by Gasteiger charge is -2.27. The van der Waals surface area contributed by atoms with Crippen molar-refractivity contribution in [3.63, 3.8) is 0 Å². The average molecular weight is 465 g/mol. The monoisotopic (exact) mass is 464 g/mol. The Bertz CT molecular complexity index is 1100. The zero-order valence-electron chi connectivity index (χ0n) is 20.2. The lowest BCUT2D eigenvalue weighted by molar-refractivity contribution is -0.117. The molecule has 3 rings (SSSR count). The van der Waals surface area contributed by atoms with Crippen LogP contribution in [0.25, 0.3) is 6.08 Å². The predicted octanol–water partition coefficient (Wildman–Crippen LogP) is 4.89. The highest BCUT2D eigenvalue weighted by atomic mass is 19.1. The molecule has 4 atom stereocenters. The molecule has 1 aliphatic heterocycles. The molecule has 6 nitrogen and oxygen atoms in total. The van der Waals surface area contributed by atoms with E-state index in [0.29, 0.717) is 24.2 Å². The van der Waals surface area contributed by atoms with E-state index >= 15 is 0 Å². The Morgan fingerprint density at radius 1 is 1.44 bits per heavy atom. The zero-order chi connectivity index (χ0) is 24.8. The maximum atomic E-state index is 13.2. The predicted molar refractivity (Wildman–Crippen MR) is 132 cm³/mol. The first-order valence-electron chi connectivity index (χ1n) is 11.9. The molecule has 1 aliphatic carbocycles. The van der Waals surface area contributed by atoms with Gasteiger partial charge in [-0.15, -0.1) is 0 Å². The number of carbonyl (C=O) groups is 1. The number of carbonyl (C=O) groups excluding carboxylic acids is 1. The van der Waals surface area contributed by atoms with Gasteiger partial charge in [0.15, 0.2) is 0 Å². The normalized spacial score (nSPS) is 23.3. The Kier molecular flexibility index (Phi) is 8.41. The van der Waals surface area contributed by atoms with Crippen molar-refractivity contribution in [1.29, 1.82) is 5.26 Å². The number of nitriles is 1. The van der Waals surface area contributed by atoms with Gasteiger partial charge in [0.25, 0.3) is 0 Å². The number of dihydropyridines is 1. The van der Waals surface area contributed by atoms with Crippen molar-refractivity contribution in [2.24, 2.45) is 5.92 Å². The van der Waals surface area contributed by atoms with Crippen LogP contribution in [0, 0.1) is 24.2 Å². The van der Waals surface area contributed by atoms with Crippen LogP contribution < -0.4 is 10.6 Å². The molecule has 0 bridgehead atoms. The van der Waals surface area contributed by atoms with E-state index in [-0.39, 0.29) is 18.4 Å². The minimum atomic E-state index is -1.06. The van der Waals surface area contributed by atoms with Crippen LogP contribution in [0.4, 0.5) is 10.2 Å². The number of aryl methyl sites for hydroxylation is 1. The van der Waals surface area contributed by atoms with E-state index in [2.05, 4.69) is 21.7 Å². The van der Waals surface area contributed by atoms with Gasteiger partial charge < -0.3 is 15.7 Å². The second-order valence-electron chi connectivity index (χ2n) is 8.93. The molecular weight excluding hydrogens is 431 g/mol. The standard InChI is InChI=1S/C27H33FN4O2/c1-5-7-18(13-29)20(22-15-30-24(9-17(22)4)25(33)8-6-2)11-19-14-31-26(10-16(19)3)32-27(34)21-12-23(21)28/h7,9-11,14-15,21,23-25,30,33H,5-6,8,12H2,1-4H3,(H,31,32,34)/b18-7+,20-11+. The number of hydrogen-bond acceptors (Lipinski definition) is 5. The highest BCUT2D eigenvalue weighted by Gasteiger charge is 2.43. The van der Waals surface area contributed by atoms with Gasteiger partial charge in [-0.2, -0.15) is 5.26 Å². The Hall–Kier alpha value is -3.24. The number of aromatic nitrogens is 1. The summed E-state index contributed by atoms with van der Waals surface area (Å²) in [7, 11) is 0. The smallest absolute Gasteiger partial charge is 0.231 e. The molecule has 1 aromatic heterocycles. The summed E-state index contributed by atoms with van der Waals surface area (Å²) in [5.74, 6) is -0.543. The summed E-state index contributed by atoms with van der Waals surface area (Å²) in [5, 5.41) is 26.2. The number of alkyl halides is 1. The summed E-state index contributed by atoms with van der Waals surface area (Å²) >= 11 is 0. The van der Waals surface area contributed by atoms with Gasteiger partial charge >= 0.3 is 0 Å². The van der Waals surface area contributed by atoms with E-state index in [4.69, 9.17) is 0 Å². The molecule has 0 radical (unpaired) electrons. The van der Waals surface area contributed by atoms with E-state index in [1.54, 1.807) is 12.3 Å². The van der Waals surface area contributed by atoms with Gasteiger partial charge in [-0.3, -0.25) is 4.79 Å². The minimum Gasteiger partial charge on any atom is -0.391 e. The van der Waals surface area contributed by atoms with Crippen molar-refractivity contribution in [2.45, 2.75) is 71.7 Å². The van der Waals surface area contributed by atoms with Gasteiger partial charge in [-0.25, -0.2) is 9.37 Å². The minimum absolute atomic E-state index is 0.174. The number of hydrogen-bond donors (Lipinski definition) is 3. The van der Waals surface area contributed by atoms with Crippen LogP contribution in [0.1, 0.15) is 57.6 Å². The van der Waals surface area contributed by atoms with Gasteiger partial charge in [0.2, 0.25) is 5.91 Å². The first-order chi connectivity index (χ1) is 16.3. The number of nitrogens with one attached hydrogen (secondary N) is 2. The summed E-state index contributed by atoms with van der Waals surface area (Å²) in [6.07, 6.45) is 10.4. The van der Waals surface area contributed by atoms with E-state index in [1.807, 2.05) is 52.1 Å². The number of rotatable bonds is 9. The summed E-state index contributed by atoms with van der Waals surface area (Å²) in [6.45, 7) is 7.90. The van der Waals surface area contributed by atoms with Crippen LogP contribution in [0.15, 0.2) is 52.9 Å². The lowest BCUT2D eigenvalue weighted by atomic mass is 9.88. The van der Waals surface area contributed by atoms with E-state index in [1.165, 1.54) is 0 Å². The van der Waals surface area contributed by atoms with Gasteiger partial charge in [-0.05, 0) is 62.0 Å². The molecule has 1 fully saturated rings. The molecule has 34 heavy (non-hydrogen) atoms. The molecule has 4 unspecified atom stereocenters. The number of nitrogens with zero attached hydrogens (tertiary/aromatic N) is 2. The van der Waals surface area contributed by atoms with E-state index < -0.39 is 18.2 Å². The van der Waals surface area contributed by atoms with Crippen molar-refractivity contribution >= 4 is 17.8 Å². The Balaban J connectivity index is 1.92. The Morgan fingerprint density at radius 3 is 2.74 bits per heavy atom. The molecule has 1 saturated carbocycles. The quantitative estimate of drug-likeness (QED) is 0.357. The number of aliphatic hydroxyl groups is 1. The van der Waals surface area contributed by atoms with Crippen molar-refractivity contribution < 1.29 is 14.3 Å². The van der Waals surface area contributed by atoms with Crippen LogP contribution in [0.3, 0.4) is 0 Å². The molecular formula is C27H33FN4O2. The maximum Gasteiger partial charge on any atom is 0.231 e. The average Bonchev–Trinajstić information content (AvgIpc) is 3.54. The molecule has 180 valence electrons. The second-order valence-corrected chi connectivity index (χ2v) is 8.93. The Morgan fingerprint density at radius 2 is 2.18 bits per heavy atom. The first kappa shape index (κ1) is 25.4. The van der Waals surface area contributed by atoms with Gasteiger partial charge in [0, 0.05) is 23.5 Å². The number of aliphatic hydroxyl groups excluding tert-OH is 1. The third-order valence-corrected chi connectivity index (χ3v) is 6.13. The van der Waals surface area contributed by atoms with Crippen LogP contribution >= 0.6 is 0 Å². The van der Waals surface area contributed by atoms with Crippen molar-refractivity contribution in [3.8, 4) is 6.07 Å². The summed E-state index contributed by atoms with van der Waals surface area (Å²) in [5.41, 5.74) is 4.83. The molecule has 0 aromatic carbocycles. The zero-order valence-corrected chi connectivity index (χ0v) is 20.2. The maximum absolute atomic E-state index is 13.2. The van der Waals surface area contributed by atoms with Gasteiger partial charge in [0.1, 0.15) is 12.0 Å². The topological polar surface area (TPSA) is 98.0 Å². The van der Waals surface area contributed by atoms with Crippen LogP contribution in [-0.4, -0.2) is 34.3 Å². The highest BCUT2D eigenvalue weighted by Crippen LogP contribution is 2.35. The molecule has 2 heterocycles. The summed E-state index contributed by atoms with van der Waals surface area (Å²) in [6, 6.07) is 3.89. The third kappa shape index (κ3) is 6.00. The molecule has 0 saturated heterocycles. The molecule has 1 amide bonds. The number of halogens is 1. The molecule has 7 heteroatoms. The third-order valence-electron chi connectivity index (χ3n) is 6.13. The molecule has 1 aromatic rings. The summed E-state index contributed by atoms with van der Waals surface area (Å²) < 4.78 is 13.2. The summed E-state index contributed by atoms with van der Waals surface area (Å²) in [4.78, 5) is 16.4. The molecule has 2 aliphatic rings. The van der Waals surface area contributed by atoms with Crippen LogP contribution in [0.2, 0.25) is 0 Å². The number of anilines is 1. The second kappa shape index (κ2) is 11.3. The SMILES string of the molecule is CC/C=C(C#N)/C(=C\c1cnc(NC(=O)C2CC2F)cc1C)C1=CNC(C(O)CCC)C=C1C. The lowest BCUT2D eigenvalue weighted by Crippen LogP contribution is -2.37. The van der Waals surface area contributed by atoms with Gasteiger partial charge in [0.05, 0.1) is 29.7 Å². The van der Waals surface area contributed by atoms with Crippen molar-refractivity contribution in [2.75, 3.05) is 5.32 Å². The fourth-order valence-electron chi connectivity index (χ4n) is 4.00. The number of pyridine rings is 1. The highest BCUT2D eigenvalue weighted by molar-refractivity contribution is 5.94. The fraction of sp³-hybridized carbons (Fsp3) is 0.444. The van der Waals surface area contributed by atoms with E-state index in [0.717, 1.165) is 34.3 Å². The van der Waals surface area contributed by atoms with E-state index in [9.17, 15) is 19.6 Å². The van der Waals surface area contributed by atoms with Crippen LogP contribution in [0.5, 0.6) is 0 Å². The first-order valence-corrected chi connectivity index (χ1v) is 11.9. The van der Waals surface area contributed by atoms with Crippen LogP contribution in [-0.2, 0) is 4.79 Å². The number of amides is 1. The fourth-order valence-corrected chi connectivity index (χ4v) is 4.00. The van der Waals surface area contributed by atoms with Crippen molar-refractivity contribution in [1.82, 2.24) is 10.3 Å². The molecule has 0 spiro atoms.